The number of likely N-dealkylation sites (tertiary alicyclic amines) is 2. The lowest BCUT2D eigenvalue weighted by Crippen LogP contribution is -2.48. The molecule has 0 spiro atoms. The van der Waals surface area contributed by atoms with Crippen molar-refractivity contribution in [2.24, 2.45) is 5.92 Å². The first-order valence-electron chi connectivity index (χ1n) is 8.93. The summed E-state index contributed by atoms with van der Waals surface area (Å²) >= 11 is 0. The molecular weight excluding hydrogens is 280 g/mol. The van der Waals surface area contributed by atoms with Crippen molar-refractivity contribution in [1.82, 2.24) is 9.80 Å². The second kappa shape index (κ2) is 6.99. The lowest BCUT2D eigenvalue weighted by molar-refractivity contribution is -0.144. The topological polar surface area (TPSA) is 60.9 Å². The van der Waals surface area contributed by atoms with E-state index in [0.717, 1.165) is 45.2 Å². The highest BCUT2D eigenvalue weighted by Crippen LogP contribution is 2.39. The Morgan fingerprint density at radius 1 is 0.955 bits per heavy atom. The first kappa shape index (κ1) is 15.8. The van der Waals surface area contributed by atoms with Gasteiger partial charge in [-0.15, -0.1) is 0 Å². The molecule has 2 saturated heterocycles. The van der Waals surface area contributed by atoms with E-state index in [9.17, 15) is 14.7 Å². The van der Waals surface area contributed by atoms with Gasteiger partial charge >= 0.3 is 5.97 Å². The number of carbonyl (C=O) groups is 2. The average molecular weight is 308 g/mol. The number of hydrogen-bond acceptors (Lipinski definition) is 3. The van der Waals surface area contributed by atoms with E-state index in [0.29, 0.717) is 18.5 Å². The normalized spacial score (nSPS) is 33.3. The van der Waals surface area contributed by atoms with Crippen molar-refractivity contribution in [2.45, 2.75) is 69.9 Å². The van der Waals surface area contributed by atoms with Gasteiger partial charge in [0.1, 0.15) is 6.04 Å². The van der Waals surface area contributed by atoms with Crippen LogP contribution in [0.3, 0.4) is 0 Å². The van der Waals surface area contributed by atoms with Crippen molar-refractivity contribution >= 4 is 11.9 Å². The molecule has 5 heteroatoms. The summed E-state index contributed by atoms with van der Waals surface area (Å²) < 4.78 is 0. The lowest BCUT2D eigenvalue weighted by Gasteiger charge is -2.33. The van der Waals surface area contributed by atoms with Gasteiger partial charge < -0.3 is 10.0 Å². The summed E-state index contributed by atoms with van der Waals surface area (Å²) in [4.78, 5) is 28.2. The Bertz CT molecular complexity index is 418. The molecule has 0 unspecified atom stereocenters. The molecule has 0 bridgehead atoms. The molecule has 0 aromatic rings. The third-order valence-corrected chi connectivity index (χ3v) is 5.78. The van der Waals surface area contributed by atoms with Crippen molar-refractivity contribution < 1.29 is 14.7 Å². The van der Waals surface area contributed by atoms with Crippen molar-refractivity contribution in [2.75, 3.05) is 19.6 Å². The first-order valence-corrected chi connectivity index (χ1v) is 8.93. The molecular formula is C17H28N2O3. The molecule has 0 radical (unpaired) electrons. The van der Waals surface area contributed by atoms with Gasteiger partial charge in [0, 0.05) is 19.1 Å². The van der Waals surface area contributed by atoms with Crippen molar-refractivity contribution in [3.8, 4) is 0 Å². The molecule has 1 aliphatic carbocycles. The quantitative estimate of drug-likeness (QED) is 0.867. The predicted octanol–water partition coefficient (Wildman–Crippen LogP) is 2.11. The number of carbonyl (C=O) groups excluding carboxylic acids is 1. The molecule has 0 aromatic carbocycles. The molecule has 2 heterocycles. The lowest BCUT2D eigenvalue weighted by atomic mass is 9.85. The highest BCUT2D eigenvalue weighted by molar-refractivity contribution is 5.80. The molecule has 22 heavy (non-hydrogen) atoms. The minimum Gasteiger partial charge on any atom is -0.480 e. The first-order chi connectivity index (χ1) is 10.7. The Kier molecular flexibility index (Phi) is 5.01. The summed E-state index contributed by atoms with van der Waals surface area (Å²) in [7, 11) is 0. The Morgan fingerprint density at radius 3 is 2.32 bits per heavy atom. The van der Waals surface area contributed by atoms with Crippen LogP contribution in [0, 0.1) is 5.92 Å². The van der Waals surface area contributed by atoms with E-state index in [1.807, 2.05) is 9.80 Å². The smallest absolute Gasteiger partial charge is 0.320 e. The second-order valence-electron chi connectivity index (χ2n) is 7.17. The van der Waals surface area contributed by atoms with Gasteiger partial charge in [-0.3, -0.25) is 14.5 Å². The second-order valence-corrected chi connectivity index (χ2v) is 7.17. The molecule has 1 N–H and O–H groups in total. The third-order valence-electron chi connectivity index (χ3n) is 5.78. The summed E-state index contributed by atoms with van der Waals surface area (Å²) in [6.07, 6.45) is 9.87. The monoisotopic (exact) mass is 308 g/mol. The summed E-state index contributed by atoms with van der Waals surface area (Å²) in [5.41, 5.74) is 0. The molecule has 0 aromatic heterocycles. The molecule has 1 amide bonds. The number of aliphatic carboxylic acids is 1. The summed E-state index contributed by atoms with van der Waals surface area (Å²) in [5.74, 6) is -0.135. The number of carboxylic acid groups (broad SMARTS) is 1. The van der Waals surface area contributed by atoms with Crippen LogP contribution >= 0.6 is 0 Å². The molecule has 124 valence electrons. The Morgan fingerprint density at radius 2 is 1.64 bits per heavy atom. The van der Waals surface area contributed by atoms with E-state index in [1.54, 1.807) is 0 Å². The van der Waals surface area contributed by atoms with Gasteiger partial charge in [0.05, 0.1) is 6.54 Å². The highest BCUT2D eigenvalue weighted by atomic mass is 16.4. The molecule has 3 fully saturated rings. The van der Waals surface area contributed by atoms with Crippen molar-refractivity contribution in [3.05, 3.63) is 0 Å². The maximum absolute atomic E-state index is 12.6. The predicted molar refractivity (Wildman–Crippen MR) is 83.5 cm³/mol. The number of hydrogen-bond donors (Lipinski definition) is 1. The Labute approximate surface area is 132 Å². The van der Waals surface area contributed by atoms with E-state index in [-0.39, 0.29) is 5.91 Å². The molecule has 3 atom stereocenters. The van der Waals surface area contributed by atoms with Crippen LogP contribution in [-0.2, 0) is 9.59 Å². The standard InChI is InChI=1S/C17H28N2O3/c20-16(18-9-5-1-2-6-10-18)12-19-14-8-4-3-7-13(14)11-15(19)17(21)22/h13-15H,1-12H2,(H,21,22)/t13-,14-,15-/m0/s1. The Hall–Kier alpha value is -1.10. The maximum atomic E-state index is 12.6. The fourth-order valence-electron chi connectivity index (χ4n) is 4.60. The van der Waals surface area contributed by atoms with E-state index in [4.69, 9.17) is 0 Å². The van der Waals surface area contributed by atoms with Gasteiger partial charge in [-0.2, -0.15) is 0 Å². The summed E-state index contributed by atoms with van der Waals surface area (Å²) in [6.45, 7) is 2.00. The number of carboxylic acids is 1. The van der Waals surface area contributed by atoms with Crippen molar-refractivity contribution in [3.63, 3.8) is 0 Å². The molecule has 5 nitrogen and oxygen atoms in total. The molecule has 3 aliphatic rings. The van der Waals surface area contributed by atoms with E-state index < -0.39 is 12.0 Å². The van der Waals surface area contributed by atoms with Crippen LogP contribution in [0.2, 0.25) is 0 Å². The minimum absolute atomic E-state index is 0.138. The summed E-state index contributed by atoms with van der Waals surface area (Å²) in [5, 5.41) is 9.53. The zero-order valence-electron chi connectivity index (χ0n) is 13.4. The van der Waals surface area contributed by atoms with Gasteiger partial charge in [0.2, 0.25) is 5.91 Å². The van der Waals surface area contributed by atoms with E-state index in [2.05, 4.69) is 0 Å². The zero-order valence-corrected chi connectivity index (χ0v) is 13.4. The van der Waals surface area contributed by atoms with E-state index >= 15 is 0 Å². The summed E-state index contributed by atoms with van der Waals surface area (Å²) in [6, 6.07) is -0.144. The zero-order chi connectivity index (χ0) is 15.5. The SMILES string of the molecule is O=C(O)[C@@H]1C[C@@H]2CCCC[C@@H]2N1CC(=O)N1CCCCCC1. The largest absolute Gasteiger partial charge is 0.480 e. The molecule has 1 saturated carbocycles. The van der Waals surface area contributed by atoms with Crippen LogP contribution in [0.1, 0.15) is 57.8 Å². The van der Waals surface area contributed by atoms with Gasteiger partial charge in [-0.25, -0.2) is 0 Å². The molecule has 3 rings (SSSR count). The molecule has 2 aliphatic heterocycles. The van der Waals surface area contributed by atoms with Gasteiger partial charge in [0.15, 0.2) is 0 Å². The average Bonchev–Trinajstić information content (AvgIpc) is 2.70. The van der Waals surface area contributed by atoms with Gasteiger partial charge in [0.25, 0.3) is 0 Å². The van der Waals surface area contributed by atoms with E-state index in [1.165, 1.54) is 25.7 Å². The van der Waals surface area contributed by atoms with Crippen LogP contribution < -0.4 is 0 Å². The van der Waals surface area contributed by atoms with Crippen LogP contribution in [0.4, 0.5) is 0 Å². The number of rotatable bonds is 3. The third kappa shape index (κ3) is 3.29. The minimum atomic E-state index is -0.752. The van der Waals surface area contributed by atoms with Crippen LogP contribution in [-0.4, -0.2) is 58.5 Å². The van der Waals surface area contributed by atoms with Crippen LogP contribution in [0.5, 0.6) is 0 Å². The maximum Gasteiger partial charge on any atom is 0.320 e. The van der Waals surface area contributed by atoms with Gasteiger partial charge in [-0.05, 0) is 38.0 Å². The van der Waals surface area contributed by atoms with Crippen molar-refractivity contribution in [1.29, 1.82) is 0 Å². The number of nitrogens with zero attached hydrogens (tertiary/aromatic N) is 2. The fraction of sp³-hybridized carbons (Fsp3) is 0.882. The Balaban J connectivity index is 1.67. The van der Waals surface area contributed by atoms with Gasteiger partial charge in [-0.1, -0.05) is 25.7 Å². The number of fused-ring (bicyclic) bond motifs is 1. The number of amides is 1. The van der Waals surface area contributed by atoms with Crippen LogP contribution in [0.25, 0.3) is 0 Å². The van der Waals surface area contributed by atoms with Crippen LogP contribution in [0.15, 0.2) is 0 Å². The highest BCUT2D eigenvalue weighted by Gasteiger charge is 2.46. The fourth-order valence-corrected chi connectivity index (χ4v) is 4.60.